The monoisotopic (exact) mass is 459 g/mol. The number of halogens is 2. The maximum atomic E-state index is 12.1. The molecule has 21 heavy (non-hydrogen) atoms. The molecule has 0 radical (unpaired) electrons. The summed E-state index contributed by atoms with van der Waals surface area (Å²) in [6, 6.07) is 15.3. The number of hydrogen-bond acceptors (Lipinski definition) is 2. The van der Waals surface area contributed by atoms with E-state index in [1.807, 2.05) is 48.5 Å². The van der Waals surface area contributed by atoms with Gasteiger partial charge in [-0.2, -0.15) is 0 Å². The van der Waals surface area contributed by atoms with Crippen LogP contribution in [0.3, 0.4) is 0 Å². The Morgan fingerprint density at radius 2 is 1.95 bits per heavy atom. The molecule has 2 aromatic rings. The van der Waals surface area contributed by atoms with E-state index in [9.17, 15) is 4.79 Å². The summed E-state index contributed by atoms with van der Waals surface area (Å²) in [6.45, 7) is 1.17. The van der Waals surface area contributed by atoms with Gasteiger partial charge in [0.1, 0.15) is 5.75 Å². The molecule has 3 nitrogen and oxygen atoms in total. The number of para-hydroxylation sites is 1. The van der Waals surface area contributed by atoms with Gasteiger partial charge in [0.25, 0.3) is 5.91 Å². The van der Waals surface area contributed by atoms with Gasteiger partial charge in [0.05, 0.1) is 12.2 Å². The summed E-state index contributed by atoms with van der Waals surface area (Å²) >= 11 is 5.54. The zero-order chi connectivity index (χ0) is 15.1. The molecule has 0 aliphatic heterocycles. The van der Waals surface area contributed by atoms with Crippen LogP contribution in [0.25, 0.3) is 0 Å². The van der Waals surface area contributed by atoms with Crippen molar-refractivity contribution in [2.45, 2.75) is 6.42 Å². The van der Waals surface area contributed by atoms with Crippen LogP contribution in [-0.2, 0) is 0 Å². The fourth-order valence-electron chi connectivity index (χ4n) is 1.75. The van der Waals surface area contributed by atoms with Gasteiger partial charge in [-0.25, -0.2) is 0 Å². The SMILES string of the molecule is O=C(NCCCOc1ccccc1)c1cc(Br)ccc1I. The van der Waals surface area contributed by atoms with Gasteiger partial charge in [0.15, 0.2) is 0 Å². The molecule has 5 heteroatoms. The Labute approximate surface area is 146 Å². The normalized spacial score (nSPS) is 10.2. The second kappa shape index (κ2) is 8.38. The zero-order valence-electron chi connectivity index (χ0n) is 11.3. The lowest BCUT2D eigenvalue weighted by atomic mass is 10.2. The number of carbonyl (C=O) groups excluding carboxylic acids is 1. The van der Waals surface area contributed by atoms with E-state index >= 15 is 0 Å². The summed E-state index contributed by atoms with van der Waals surface area (Å²) < 4.78 is 7.42. The molecule has 0 aromatic heterocycles. The standard InChI is InChI=1S/C16H15BrINO2/c17-12-7-8-15(18)14(11-12)16(20)19-9-4-10-21-13-5-2-1-3-6-13/h1-3,5-8,11H,4,9-10H2,(H,19,20). The molecule has 0 aliphatic rings. The molecule has 0 saturated carbocycles. The van der Waals surface area contributed by atoms with Gasteiger partial charge >= 0.3 is 0 Å². The number of benzene rings is 2. The van der Waals surface area contributed by atoms with Gasteiger partial charge in [-0.05, 0) is 59.3 Å². The number of ether oxygens (including phenoxy) is 1. The molecular weight excluding hydrogens is 445 g/mol. The van der Waals surface area contributed by atoms with Crippen LogP contribution in [0.4, 0.5) is 0 Å². The van der Waals surface area contributed by atoms with E-state index < -0.39 is 0 Å². The highest BCUT2D eigenvalue weighted by molar-refractivity contribution is 14.1. The summed E-state index contributed by atoms with van der Waals surface area (Å²) in [4.78, 5) is 12.1. The second-order valence-electron chi connectivity index (χ2n) is 4.40. The fraction of sp³-hybridized carbons (Fsp3) is 0.188. The first kappa shape index (κ1) is 16.3. The van der Waals surface area contributed by atoms with Crippen molar-refractivity contribution >= 4 is 44.4 Å². The summed E-state index contributed by atoms with van der Waals surface area (Å²) in [5, 5.41) is 2.91. The molecule has 0 spiro atoms. The van der Waals surface area contributed by atoms with Gasteiger partial charge in [0.2, 0.25) is 0 Å². The highest BCUT2D eigenvalue weighted by atomic mass is 127. The molecule has 110 valence electrons. The fourth-order valence-corrected chi connectivity index (χ4v) is 2.69. The highest BCUT2D eigenvalue weighted by Gasteiger charge is 2.09. The first-order chi connectivity index (χ1) is 10.2. The van der Waals surface area contributed by atoms with Gasteiger partial charge in [-0.3, -0.25) is 4.79 Å². The Balaban J connectivity index is 1.73. The van der Waals surface area contributed by atoms with Crippen molar-refractivity contribution in [3.05, 3.63) is 62.1 Å². The molecule has 0 bridgehead atoms. The van der Waals surface area contributed by atoms with Crippen LogP contribution in [-0.4, -0.2) is 19.1 Å². The van der Waals surface area contributed by atoms with Crippen molar-refractivity contribution in [1.29, 1.82) is 0 Å². The lowest BCUT2D eigenvalue weighted by molar-refractivity contribution is 0.0950. The zero-order valence-corrected chi connectivity index (χ0v) is 15.1. The van der Waals surface area contributed by atoms with Gasteiger partial charge < -0.3 is 10.1 Å². The minimum atomic E-state index is -0.0552. The van der Waals surface area contributed by atoms with E-state index in [1.54, 1.807) is 0 Å². The molecule has 1 N–H and O–H groups in total. The Kier molecular flexibility index (Phi) is 6.50. The molecule has 0 atom stereocenters. The van der Waals surface area contributed by atoms with Crippen LogP contribution in [0.2, 0.25) is 0 Å². The topological polar surface area (TPSA) is 38.3 Å². The van der Waals surface area contributed by atoms with Crippen molar-refractivity contribution in [1.82, 2.24) is 5.32 Å². The molecule has 2 aromatic carbocycles. The third-order valence-corrected chi connectivity index (χ3v) is 4.23. The molecule has 0 aliphatic carbocycles. The van der Waals surface area contributed by atoms with Crippen molar-refractivity contribution in [2.24, 2.45) is 0 Å². The smallest absolute Gasteiger partial charge is 0.252 e. The molecule has 1 amide bonds. The predicted molar refractivity (Wildman–Crippen MR) is 95.7 cm³/mol. The van der Waals surface area contributed by atoms with Crippen molar-refractivity contribution in [3.63, 3.8) is 0 Å². The minimum Gasteiger partial charge on any atom is -0.494 e. The number of carbonyl (C=O) groups is 1. The quantitative estimate of drug-likeness (QED) is 0.518. The molecular formula is C16H15BrINO2. The largest absolute Gasteiger partial charge is 0.494 e. The number of amides is 1. The summed E-state index contributed by atoms with van der Waals surface area (Å²) in [5.41, 5.74) is 0.689. The van der Waals surface area contributed by atoms with Gasteiger partial charge in [0, 0.05) is 14.6 Å². The van der Waals surface area contributed by atoms with Crippen LogP contribution in [0.5, 0.6) is 5.75 Å². The third-order valence-electron chi connectivity index (χ3n) is 2.79. The first-order valence-electron chi connectivity index (χ1n) is 6.58. The van der Waals surface area contributed by atoms with Crippen LogP contribution in [0.1, 0.15) is 16.8 Å². The van der Waals surface area contributed by atoms with E-state index in [-0.39, 0.29) is 5.91 Å². The van der Waals surface area contributed by atoms with Crippen molar-refractivity contribution in [2.75, 3.05) is 13.2 Å². The lowest BCUT2D eigenvalue weighted by Gasteiger charge is -2.08. The second-order valence-corrected chi connectivity index (χ2v) is 6.47. The summed E-state index contributed by atoms with van der Waals surface area (Å²) in [7, 11) is 0. The summed E-state index contributed by atoms with van der Waals surface area (Å²) in [6.07, 6.45) is 0.769. The Morgan fingerprint density at radius 1 is 1.19 bits per heavy atom. The average Bonchev–Trinajstić information content (AvgIpc) is 2.50. The van der Waals surface area contributed by atoms with E-state index in [4.69, 9.17) is 4.74 Å². The Morgan fingerprint density at radius 3 is 2.71 bits per heavy atom. The minimum absolute atomic E-state index is 0.0552. The molecule has 0 heterocycles. The average molecular weight is 460 g/mol. The van der Waals surface area contributed by atoms with Crippen LogP contribution < -0.4 is 10.1 Å². The van der Waals surface area contributed by atoms with E-state index in [0.29, 0.717) is 18.7 Å². The van der Waals surface area contributed by atoms with Gasteiger partial charge in [-0.15, -0.1) is 0 Å². The third kappa shape index (κ3) is 5.32. The van der Waals surface area contributed by atoms with E-state index in [1.165, 1.54) is 0 Å². The highest BCUT2D eigenvalue weighted by Crippen LogP contribution is 2.18. The molecule has 0 fully saturated rings. The van der Waals surface area contributed by atoms with E-state index in [2.05, 4.69) is 43.8 Å². The Bertz CT molecular complexity index is 604. The number of nitrogens with one attached hydrogen (secondary N) is 1. The van der Waals surface area contributed by atoms with Crippen molar-refractivity contribution < 1.29 is 9.53 Å². The first-order valence-corrected chi connectivity index (χ1v) is 8.45. The lowest BCUT2D eigenvalue weighted by Crippen LogP contribution is -2.26. The number of hydrogen-bond donors (Lipinski definition) is 1. The molecule has 2 rings (SSSR count). The number of rotatable bonds is 6. The molecule has 0 unspecified atom stereocenters. The summed E-state index contributed by atoms with van der Waals surface area (Å²) in [5.74, 6) is 0.797. The Hall–Kier alpha value is -1.08. The van der Waals surface area contributed by atoms with Crippen molar-refractivity contribution in [3.8, 4) is 5.75 Å². The van der Waals surface area contributed by atoms with Crippen LogP contribution >= 0.6 is 38.5 Å². The van der Waals surface area contributed by atoms with Gasteiger partial charge in [-0.1, -0.05) is 34.1 Å². The van der Waals surface area contributed by atoms with E-state index in [0.717, 1.165) is 20.2 Å². The molecule has 0 saturated heterocycles. The maximum absolute atomic E-state index is 12.1. The predicted octanol–water partition coefficient (Wildman–Crippen LogP) is 4.25. The van der Waals surface area contributed by atoms with Crippen LogP contribution in [0.15, 0.2) is 53.0 Å². The van der Waals surface area contributed by atoms with Crippen LogP contribution in [0, 0.1) is 3.57 Å². The maximum Gasteiger partial charge on any atom is 0.252 e.